The highest BCUT2D eigenvalue weighted by Gasteiger charge is 2.13. The number of aryl methyl sites for hydroxylation is 1. The molecule has 1 aromatic heterocycles. The van der Waals surface area contributed by atoms with E-state index in [0.29, 0.717) is 12.1 Å². The molecule has 0 saturated carbocycles. The van der Waals surface area contributed by atoms with E-state index >= 15 is 0 Å². The number of hydrogen-bond donors (Lipinski definition) is 2. The summed E-state index contributed by atoms with van der Waals surface area (Å²) in [6.45, 7) is 2.54. The van der Waals surface area contributed by atoms with Crippen LogP contribution in [0.15, 0.2) is 35.1 Å². The van der Waals surface area contributed by atoms with Gasteiger partial charge in [-0.3, -0.25) is 4.79 Å². The maximum atomic E-state index is 12.2. The fourth-order valence-corrected chi connectivity index (χ4v) is 2.03. The van der Waals surface area contributed by atoms with Crippen molar-refractivity contribution in [1.82, 2.24) is 4.57 Å². The Kier molecular flexibility index (Phi) is 3.26. The van der Waals surface area contributed by atoms with Crippen LogP contribution < -0.4 is 11.3 Å². The quantitative estimate of drug-likeness (QED) is 0.830. The van der Waals surface area contributed by atoms with Gasteiger partial charge in [0.2, 0.25) is 0 Å². The van der Waals surface area contributed by atoms with Crippen LogP contribution in [0.3, 0.4) is 0 Å². The fraction of sp³-hybridized carbons (Fsp3) is 0.308. The smallest absolute Gasteiger partial charge is 0.256 e. The number of benzene rings is 1. The molecule has 90 valence electrons. The Labute approximate surface area is 99.3 Å². The van der Waals surface area contributed by atoms with Crippen molar-refractivity contribution in [2.45, 2.75) is 19.6 Å². The van der Waals surface area contributed by atoms with Crippen LogP contribution in [0, 0.1) is 0 Å². The second-order valence-electron chi connectivity index (χ2n) is 3.96. The number of aliphatic hydroxyl groups excluding tert-OH is 1. The topological polar surface area (TPSA) is 68.2 Å². The Bertz CT molecular complexity index is 589. The van der Waals surface area contributed by atoms with E-state index in [9.17, 15) is 9.90 Å². The highest BCUT2D eigenvalue weighted by molar-refractivity contribution is 5.79. The van der Waals surface area contributed by atoms with Gasteiger partial charge in [0.05, 0.1) is 11.6 Å². The average molecular weight is 232 g/mol. The molecule has 1 unspecified atom stereocenters. The number of aliphatic hydroxyl groups is 1. The van der Waals surface area contributed by atoms with E-state index < -0.39 is 6.10 Å². The Morgan fingerprint density at radius 1 is 1.41 bits per heavy atom. The zero-order chi connectivity index (χ0) is 12.4. The lowest BCUT2D eigenvalue weighted by molar-refractivity contribution is 0.184. The molecule has 0 aliphatic carbocycles. The Balaban J connectivity index is 2.80. The summed E-state index contributed by atoms with van der Waals surface area (Å²) >= 11 is 0. The van der Waals surface area contributed by atoms with Gasteiger partial charge in [0.25, 0.3) is 5.56 Å². The van der Waals surface area contributed by atoms with Gasteiger partial charge < -0.3 is 15.4 Å². The first kappa shape index (κ1) is 11.8. The average Bonchev–Trinajstić information content (AvgIpc) is 2.37. The minimum Gasteiger partial charge on any atom is -0.387 e. The number of hydrogen-bond acceptors (Lipinski definition) is 3. The van der Waals surface area contributed by atoms with E-state index in [4.69, 9.17) is 5.73 Å². The standard InChI is InChI=1S/C13H16N2O2/c1-2-15-11-6-4-3-5-9(11)7-10(13(15)17)12(16)8-14/h3-7,12,16H,2,8,14H2,1H3. The van der Waals surface area contributed by atoms with Crippen LogP contribution in [0.5, 0.6) is 0 Å². The van der Waals surface area contributed by atoms with Gasteiger partial charge in [-0.25, -0.2) is 0 Å². The van der Waals surface area contributed by atoms with Gasteiger partial charge in [-0.05, 0) is 24.4 Å². The summed E-state index contributed by atoms with van der Waals surface area (Å²) in [4.78, 5) is 12.2. The van der Waals surface area contributed by atoms with E-state index in [1.807, 2.05) is 31.2 Å². The van der Waals surface area contributed by atoms with Crippen LogP contribution >= 0.6 is 0 Å². The molecular weight excluding hydrogens is 216 g/mol. The molecule has 2 aromatic rings. The highest BCUT2D eigenvalue weighted by Crippen LogP contribution is 2.16. The number of nitrogens with zero attached hydrogens (tertiary/aromatic N) is 1. The van der Waals surface area contributed by atoms with E-state index in [0.717, 1.165) is 10.9 Å². The van der Waals surface area contributed by atoms with Crippen molar-refractivity contribution in [2.24, 2.45) is 5.73 Å². The molecule has 1 heterocycles. The van der Waals surface area contributed by atoms with Crippen molar-refractivity contribution in [2.75, 3.05) is 6.54 Å². The molecule has 0 fully saturated rings. The molecule has 1 aromatic carbocycles. The normalized spacial score (nSPS) is 12.9. The lowest BCUT2D eigenvalue weighted by atomic mass is 10.1. The molecule has 0 aliphatic heterocycles. The van der Waals surface area contributed by atoms with Crippen molar-refractivity contribution in [1.29, 1.82) is 0 Å². The lowest BCUT2D eigenvalue weighted by Gasteiger charge is -2.13. The molecule has 2 rings (SSSR count). The number of para-hydroxylation sites is 1. The molecule has 0 aliphatic rings. The second kappa shape index (κ2) is 4.69. The molecule has 0 amide bonds. The van der Waals surface area contributed by atoms with Crippen LogP contribution in [-0.2, 0) is 6.54 Å². The molecular formula is C13H16N2O2. The molecule has 0 spiro atoms. The molecule has 17 heavy (non-hydrogen) atoms. The first-order valence-electron chi connectivity index (χ1n) is 5.69. The van der Waals surface area contributed by atoms with Gasteiger partial charge in [0, 0.05) is 18.7 Å². The lowest BCUT2D eigenvalue weighted by Crippen LogP contribution is -2.27. The molecule has 4 heteroatoms. The first-order valence-corrected chi connectivity index (χ1v) is 5.69. The molecule has 3 N–H and O–H groups in total. The van der Waals surface area contributed by atoms with Gasteiger partial charge in [0.1, 0.15) is 0 Å². The van der Waals surface area contributed by atoms with Crippen LogP contribution in [0.1, 0.15) is 18.6 Å². The summed E-state index contributed by atoms with van der Waals surface area (Å²) < 4.78 is 1.66. The second-order valence-corrected chi connectivity index (χ2v) is 3.96. The fourth-order valence-electron chi connectivity index (χ4n) is 2.03. The van der Waals surface area contributed by atoms with E-state index in [2.05, 4.69) is 0 Å². The van der Waals surface area contributed by atoms with Crippen LogP contribution in [0.2, 0.25) is 0 Å². The zero-order valence-electron chi connectivity index (χ0n) is 9.76. The molecule has 0 radical (unpaired) electrons. The van der Waals surface area contributed by atoms with Crippen LogP contribution in [0.4, 0.5) is 0 Å². The third-order valence-electron chi connectivity index (χ3n) is 2.93. The zero-order valence-corrected chi connectivity index (χ0v) is 9.76. The summed E-state index contributed by atoms with van der Waals surface area (Å²) in [6, 6.07) is 9.35. The largest absolute Gasteiger partial charge is 0.387 e. The summed E-state index contributed by atoms with van der Waals surface area (Å²) in [5, 5.41) is 10.7. The number of aromatic nitrogens is 1. The van der Waals surface area contributed by atoms with Gasteiger partial charge in [0.15, 0.2) is 0 Å². The first-order chi connectivity index (χ1) is 8.19. The SMILES string of the molecule is CCn1c(=O)c(C(O)CN)cc2ccccc21. The monoisotopic (exact) mass is 232 g/mol. The molecule has 0 saturated heterocycles. The van der Waals surface area contributed by atoms with Gasteiger partial charge in [-0.1, -0.05) is 18.2 Å². The van der Waals surface area contributed by atoms with E-state index in [-0.39, 0.29) is 12.1 Å². The molecule has 4 nitrogen and oxygen atoms in total. The van der Waals surface area contributed by atoms with Crippen LogP contribution in [-0.4, -0.2) is 16.2 Å². The number of fused-ring (bicyclic) bond motifs is 1. The van der Waals surface area contributed by atoms with Gasteiger partial charge >= 0.3 is 0 Å². The van der Waals surface area contributed by atoms with Crippen molar-refractivity contribution in [3.8, 4) is 0 Å². The van der Waals surface area contributed by atoms with Crippen molar-refractivity contribution >= 4 is 10.9 Å². The summed E-state index contributed by atoms with van der Waals surface area (Å²) in [6.07, 6.45) is -0.898. The van der Waals surface area contributed by atoms with Crippen LogP contribution in [0.25, 0.3) is 10.9 Å². The summed E-state index contributed by atoms with van der Waals surface area (Å²) in [5.41, 5.74) is 6.50. The van der Waals surface area contributed by atoms with E-state index in [1.54, 1.807) is 10.6 Å². The number of rotatable bonds is 3. The third-order valence-corrected chi connectivity index (χ3v) is 2.93. The third kappa shape index (κ3) is 1.97. The predicted molar refractivity (Wildman–Crippen MR) is 67.9 cm³/mol. The number of pyridine rings is 1. The van der Waals surface area contributed by atoms with E-state index in [1.165, 1.54) is 0 Å². The number of nitrogens with two attached hydrogens (primary N) is 1. The summed E-state index contributed by atoms with van der Waals surface area (Å²) in [7, 11) is 0. The highest BCUT2D eigenvalue weighted by atomic mass is 16.3. The van der Waals surface area contributed by atoms with Gasteiger partial charge in [-0.15, -0.1) is 0 Å². The Morgan fingerprint density at radius 3 is 2.76 bits per heavy atom. The Hall–Kier alpha value is -1.65. The molecule has 0 bridgehead atoms. The minimum absolute atomic E-state index is 0.0529. The van der Waals surface area contributed by atoms with Crippen molar-refractivity contribution in [3.05, 3.63) is 46.2 Å². The predicted octanol–water partition coefficient (Wildman–Crippen LogP) is 1.01. The maximum absolute atomic E-state index is 12.2. The Morgan fingerprint density at radius 2 is 2.12 bits per heavy atom. The van der Waals surface area contributed by atoms with Crippen molar-refractivity contribution in [3.63, 3.8) is 0 Å². The van der Waals surface area contributed by atoms with Crippen molar-refractivity contribution < 1.29 is 5.11 Å². The maximum Gasteiger partial charge on any atom is 0.256 e. The van der Waals surface area contributed by atoms with Gasteiger partial charge in [-0.2, -0.15) is 0 Å². The minimum atomic E-state index is -0.898. The molecule has 1 atom stereocenters. The summed E-state index contributed by atoms with van der Waals surface area (Å²) in [5.74, 6) is 0.